The van der Waals surface area contributed by atoms with Gasteiger partial charge < -0.3 is 0 Å². The zero-order valence-electron chi connectivity index (χ0n) is 6.13. The van der Waals surface area contributed by atoms with Gasteiger partial charge >= 0.3 is 0 Å². The summed E-state index contributed by atoms with van der Waals surface area (Å²) in [4.78, 5) is 10.4. The molecule has 0 bridgehead atoms. The number of hydrogen-bond donors (Lipinski definition) is 0. The summed E-state index contributed by atoms with van der Waals surface area (Å²) in [6, 6.07) is 5.55. The van der Waals surface area contributed by atoms with Crippen molar-refractivity contribution < 1.29 is 9.18 Å². The summed E-state index contributed by atoms with van der Waals surface area (Å²) in [6.45, 7) is 0. The Hall–Kier alpha value is -1.15. The van der Waals surface area contributed by atoms with Gasteiger partial charge in [-0.05, 0) is 17.7 Å². The first-order valence-corrected chi connectivity index (χ1v) is 3.73. The molecule has 1 rings (SSSR count). The van der Waals surface area contributed by atoms with Crippen LogP contribution in [0.4, 0.5) is 4.39 Å². The smallest absolute Gasteiger partial charge is 0.151 e. The van der Waals surface area contributed by atoms with Crippen LogP contribution in [-0.2, 0) is 4.79 Å². The van der Waals surface area contributed by atoms with Crippen LogP contribution in [-0.4, -0.2) is 6.29 Å². The van der Waals surface area contributed by atoms with Crippen LogP contribution in [0.15, 0.2) is 29.8 Å². The van der Waals surface area contributed by atoms with Crippen molar-refractivity contribution in [3.63, 3.8) is 0 Å². The number of carbonyl (C=O) groups excluding carboxylic acids is 1. The third-order valence-electron chi connectivity index (χ3n) is 1.42. The van der Waals surface area contributed by atoms with E-state index in [9.17, 15) is 9.18 Å². The molecule has 0 aromatic heterocycles. The zero-order chi connectivity index (χ0) is 8.97. The molecule has 0 spiro atoms. The van der Waals surface area contributed by atoms with Crippen LogP contribution in [0.5, 0.6) is 0 Å². The van der Waals surface area contributed by atoms with Crippen molar-refractivity contribution in [3.05, 3.63) is 41.2 Å². The summed E-state index contributed by atoms with van der Waals surface area (Å²) in [5, 5.41) is 0. The first-order valence-electron chi connectivity index (χ1n) is 3.29. The highest BCUT2D eigenvalue weighted by atomic mass is 35.5. The average molecular weight is 185 g/mol. The van der Waals surface area contributed by atoms with Gasteiger partial charge in [-0.2, -0.15) is 0 Å². The molecule has 12 heavy (non-hydrogen) atoms. The first-order chi connectivity index (χ1) is 5.77. The maximum atomic E-state index is 12.4. The van der Waals surface area contributed by atoms with Crippen LogP contribution in [0.25, 0.3) is 5.57 Å². The van der Waals surface area contributed by atoms with Crippen LogP contribution >= 0.6 is 11.6 Å². The van der Waals surface area contributed by atoms with E-state index in [0.717, 1.165) is 0 Å². The van der Waals surface area contributed by atoms with Crippen molar-refractivity contribution in [1.82, 2.24) is 0 Å². The first kappa shape index (κ1) is 8.94. The minimum Gasteiger partial charge on any atom is -0.298 e. The Kier molecular flexibility index (Phi) is 3.00. The average Bonchev–Trinajstić information content (AvgIpc) is 2.10. The summed E-state index contributed by atoms with van der Waals surface area (Å²) in [7, 11) is 0. The molecule has 0 radical (unpaired) electrons. The molecule has 0 aliphatic rings. The van der Waals surface area contributed by atoms with E-state index in [4.69, 9.17) is 11.6 Å². The second-order valence-corrected chi connectivity index (χ2v) is 2.41. The van der Waals surface area contributed by atoms with Gasteiger partial charge in [0.05, 0.1) is 0 Å². The topological polar surface area (TPSA) is 17.1 Å². The molecule has 1 nitrogen and oxygen atoms in total. The lowest BCUT2D eigenvalue weighted by molar-refractivity contribution is -0.103. The van der Waals surface area contributed by atoms with Crippen molar-refractivity contribution in [1.29, 1.82) is 0 Å². The molecule has 0 aliphatic carbocycles. The van der Waals surface area contributed by atoms with Crippen molar-refractivity contribution in [2.24, 2.45) is 0 Å². The van der Waals surface area contributed by atoms with Crippen molar-refractivity contribution >= 4 is 23.5 Å². The largest absolute Gasteiger partial charge is 0.298 e. The van der Waals surface area contributed by atoms with Gasteiger partial charge in [-0.15, -0.1) is 0 Å². The molecule has 0 amide bonds. The summed E-state index contributed by atoms with van der Waals surface area (Å²) < 4.78 is 12.4. The highest BCUT2D eigenvalue weighted by Gasteiger charge is 1.98. The van der Waals surface area contributed by atoms with Crippen LogP contribution in [0.2, 0.25) is 0 Å². The van der Waals surface area contributed by atoms with Gasteiger partial charge in [-0.3, -0.25) is 4.79 Å². The molecule has 0 fully saturated rings. The number of rotatable bonds is 2. The molecule has 0 saturated heterocycles. The fourth-order valence-corrected chi connectivity index (χ4v) is 0.977. The summed E-state index contributed by atoms with van der Waals surface area (Å²) in [5.41, 5.74) is 2.12. The van der Waals surface area contributed by atoms with Crippen molar-refractivity contribution in [2.45, 2.75) is 0 Å². The molecule has 0 heterocycles. The minimum absolute atomic E-state index is 0.335. The highest BCUT2D eigenvalue weighted by Crippen LogP contribution is 2.13. The van der Waals surface area contributed by atoms with Gasteiger partial charge in [0, 0.05) is 11.1 Å². The van der Waals surface area contributed by atoms with Crippen LogP contribution in [0, 0.1) is 5.82 Å². The monoisotopic (exact) mass is 184 g/mol. The Morgan fingerprint density at radius 3 is 2.33 bits per heavy atom. The molecule has 1 aromatic carbocycles. The van der Waals surface area contributed by atoms with E-state index < -0.39 is 0 Å². The van der Waals surface area contributed by atoms with Gasteiger partial charge in [0.2, 0.25) is 0 Å². The fraction of sp³-hybridized carbons (Fsp3) is 0. The third-order valence-corrected chi connectivity index (χ3v) is 1.66. The maximum Gasteiger partial charge on any atom is 0.151 e. The number of halogens is 2. The Labute approximate surface area is 74.5 Å². The fourth-order valence-electron chi connectivity index (χ4n) is 0.799. The lowest BCUT2D eigenvalue weighted by atomic mass is 10.1. The second kappa shape index (κ2) is 4.02. The number of allylic oxidation sites excluding steroid dienone is 1. The van der Waals surface area contributed by atoms with Gasteiger partial charge in [-0.1, -0.05) is 23.7 Å². The van der Waals surface area contributed by atoms with Crippen LogP contribution in [0.3, 0.4) is 0 Å². The van der Waals surface area contributed by atoms with Gasteiger partial charge in [0.25, 0.3) is 0 Å². The van der Waals surface area contributed by atoms with Gasteiger partial charge in [0.1, 0.15) is 5.82 Å². The molecule has 0 saturated carbocycles. The van der Waals surface area contributed by atoms with Crippen molar-refractivity contribution in [3.8, 4) is 0 Å². The Bertz CT molecular complexity index is 303. The van der Waals surface area contributed by atoms with Gasteiger partial charge in [0.15, 0.2) is 6.29 Å². The zero-order valence-corrected chi connectivity index (χ0v) is 6.88. The lowest BCUT2D eigenvalue weighted by Gasteiger charge is -1.96. The number of benzene rings is 1. The van der Waals surface area contributed by atoms with E-state index in [-0.39, 0.29) is 5.82 Å². The highest BCUT2D eigenvalue weighted by molar-refractivity contribution is 6.32. The molecule has 1 aromatic rings. The van der Waals surface area contributed by atoms with Crippen LogP contribution < -0.4 is 0 Å². The quantitative estimate of drug-likeness (QED) is 0.510. The number of hydrogen-bond acceptors (Lipinski definition) is 1. The second-order valence-electron chi connectivity index (χ2n) is 2.19. The number of aldehydes is 1. The van der Waals surface area contributed by atoms with E-state index in [0.29, 0.717) is 17.4 Å². The van der Waals surface area contributed by atoms with Crippen LogP contribution in [0.1, 0.15) is 5.56 Å². The normalized spacial score (nSPS) is 11.3. The summed E-state index contributed by atoms with van der Waals surface area (Å²) in [6.07, 6.45) is 0.625. The molecule has 0 unspecified atom stereocenters. The van der Waals surface area contributed by atoms with E-state index in [1.165, 1.54) is 29.8 Å². The molecule has 0 aliphatic heterocycles. The lowest BCUT2D eigenvalue weighted by Crippen LogP contribution is -1.84. The minimum atomic E-state index is -0.335. The predicted molar refractivity (Wildman–Crippen MR) is 46.3 cm³/mol. The molecule has 0 atom stereocenters. The van der Waals surface area contributed by atoms with E-state index >= 15 is 0 Å². The summed E-state index contributed by atoms with van der Waals surface area (Å²) in [5.74, 6) is -0.335. The predicted octanol–water partition coefficient (Wildman–Crippen LogP) is 2.60. The SMILES string of the molecule is O=CC(=CCl)c1ccc(F)cc1. The molecule has 62 valence electrons. The molecule has 0 N–H and O–H groups in total. The summed E-state index contributed by atoms with van der Waals surface area (Å²) >= 11 is 5.35. The standard InChI is InChI=1S/C9H6ClFO/c10-5-8(6-12)7-1-3-9(11)4-2-7/h1-6H. The van der Waals surface area contributed by atoms with Crippen molar-refractivity contribution in [2.75, 3.05) is 0 Å². The number of carbonyl (C=O) groups is 1. The molecular formula is C9H6ClFO. The van der Waals surface area contributed by atoms with E-state index in [1.54, 1.807) is 0 Å². The Morgan fingerprint density at radius 2 is 1.92 bits per heavy atom. The van der Waals surface area contributed by atoms with Gasteiger partial charge in [-0.25, -0.2) is 4.39 Å². The maximum absolute atomic E-state index is 12.4. The Morgan fingerprint density at radius 1 is 1.33 bits per heavy atom. The Balaban J connectivity index is 3.04. The molecule has 3 heteroatoms. The molecular weight excluding hydrogens is 179 g/mol. The third kappa shape index (κ3) is 1.92. The van der Waals surface area contributed by atoms with E-state index in [1.807, 2.05) is 0 Å². The van der Waals surface area contributed by atoms with E-state index in [2.05, 4.69) is 0 Å².